The number of aromatic nitrogens is 1. The van der Waals surface area contributed by atoms with Gasteiger partial charge in [-0.2, -0.15) is 0 Å². The van der Waals surface area contributed by atoms with Gasteiger partial charge in [-0.1, -0.05) is 49.3 Å². The van der Waals surface area contributed by atoms with Crippen molar-refractivity contribution in [2.24, 2.45) is 5.92 Å². The molecule has 1 aromatic carbocycles. The minimum absolute atomic E-state index is 0.0347. The van der Waals surface area contributed by atoms with Gasteiger partial charge in [0.25, 0.3) is 5.91 Å². The standard InChI is InChI=1S/C17H20N2O4/c1-11(2)15-9-14(19-23-15)16(20)18-10-13(17(21)22)8-12-6-4-3-5-7-12/h3-7,9,11,13H,8,10H2,1-2H3,(H,18,20)(H,21,22). The third-order valence-electron chi connectivity index (χ3n) is 3.51. The van der Waals surface area contributed by atoms with E-state index in [-0.39, 0.29) is 18.2 Å². The average Bonchev–Trinajstić information content (AvgIpc) is 3.02. The van der Waals surface area contributed by atoms with Gasteiger partial charge in [0.2, 0.25) is 0 Å². The number of hydrogen-bond donors (Lipinski definition) is 2. The first-order valence-corrected chi connectivity index (χ1v) is 7.49. The van der Waals surface area contributed by atoms with Crippen molar-refractivity contribution in [1.29, 1.82) is 0 Å². The zero-order valence-electron chi connectivity index (χ0n) is 13.2. The Bertz CT molecular complexity index is 664. The maximum atomic E-state index is 12.0. The van der Waals surface area contributed by atoms with Gasteiger partial charge in [0, 0.05) is 18.5 Å². The average molecular weight is 316 g/mol. The third kappa shape index (κ3) is 4.67. The van der Waals surface area contributed by atoms with E-state index in [0.717, 1.165) is 5.56 Å². The van der Waals surface area contributed by atoms with Gasteiger partial charge < -0.3 is 14.9 Å². The summed E-state index contributed by atoms with van der Waals surface area (Å²) in [5, 5.41) is 15.6. The molecule has 2 aromatic rings. The highest BCUT2D eigenvalue weighted by molar-refractivity contribution is 5.92. The van der Waals surface area contributed by atoms with Crippen LogP contribution in [0.15, 0.2) is 40.9 Å². The molecule has 6 nitrogen and oxygen atoms in total. The summed E-state index contributed by atoms with van der Waals surface area (Å²) in [4.78, 5) is 23.4. The molecular formula is C17H20N2O4. The molecule has 2 rings (SSSR count). The summed E-state index contributed by atoms with van der Waals surface area (Å²) in [6.45, 7) is 3.90. The highest BCUT2D eigenvalue weighted by atomic mass is 16.5. The van der Waals surface area contributed by atoms with Crippen LogP contribution in [0.25, 0.3) is 0 Å². The summed E-state index contributed by atoms with van der Waals surface area (Å²) in [6.07, 6.45) is 0.354. The Morgan fingerprint density at radius 1 is 1.26 bits per heavy atom. The Morgan fingerprint density at radius 3 is 2.52 bits per heavy atom. The fourth-order valence-electron chi connectivity index (χ4n) is 2.12. The smallest absolute Gasteiger partial charge is 0.308 e. The van der Waals surface area contributed by atoms with E-state index in [9.17, 15) is 14.7 Å². The van der Waals surface area contributed by atoms with Crippen molar-refractivity contribution in [3.05, 3.63) is 53.4 Å². The van der Waals surface area contributed by atoms with Crippen molar-refractivity contribution in [3.8, 4) is 0 Å². The summed E-state index contributed by atoms with van der Waals surface area (Å²) in [5.74, 6) is -1.32. The molecule has 1 unspecified atom stereocenters. The number of rotatable bonds is 7. The van der Waals surface area contributed by atoms with Gasteiger partial charge in [0.15, 0.2) is 5.69 Å². The minimum Gasteiger partial charge on any atom is -0.481 e. The second kappa shape index (κ2) is 7.58. The van der Waals surface area contributed by atoms with Crippen molar-refractivity contribution < 1.29 is 19.2 Å². The van der Waals surface area contributed by atoms with Gasteiger partial charge in [-0.3, -0.25) is 9.59 Å². The number of carboxylic acids is 1. The van der Waals surface area contributed by atoms with Gasteiger partial charge in [-0.15, -0.1) is 0 Å². The molecule has 1 atom stereocenters. The first-order chi connectivity index (χ1) is 11.0. The Hall–Kier alpha value is -2.63. The predicted molar refractivity (Wildman–Crippen MR) is 84.2 cm³/mol. The fraction of sp³-hybridized carbons (Fsp3) is 0.353. The lowest BCUT2D eigenvalue weighted by molar-refractivity contribution is -0.141. The van der Waals surface area contributed by atoms with E-state index in [1.54, 1.807) is 6.07 Å². The second-order valence-corrected chi connectivity index (χ2v) is 5.70. The highest BCUT2D eigenvalue weighted by Gasteiger charge is 2.21. The van der Waals surface area contributed by atoms with E-state index in [4.69, 9.17) is 4.52 Å². The molecule has 23 heavy (non-hydrogen) atoms. The van der Waals surface area contributed by atoms with E-state index in [2.05, 4.69) is 10.5 Å². The topological polar surface area (TPSA) is 92.4 Å². The molecule has 1 amide bonds. The molecule has 0 saturated carbocycles. The van der Waals surface area contributed by atoms with Crippen LogP contribution in [0.4, 0.5) is 0 Å². The number of carbonyl (C=O) groups excluding carboxylic acids is 1. The highest BCUT2D eigenvalue weighted by Crippen LogP contribution is 2.15. The first-order valence-electron chi connectivity index (χ1n) is 7.49. The van der Waals surface area contributed by atoms with Crippen LogP contribution in [0, 0.1) is 5.92 Å². The number of benzene rings is 1. The molecule has 0 aliphatic carbocycles. The molecule has 0 bridgehead atoms. The predicted octanol–water partition coefficient (Wildman–Crippen LogP) is 2.47. The van der Waals surface area contributed by atoms with E-state index >= 15 is 0 Å². The van der Waals surface area contributed by atoms with Crippen LogP contribution in [-0.4, -0.2) is 28.7 Å². The number of carbonyl (C=O) groups is 2. The van der Waals surface area contributed by atoms with Crippen molar-refractivity contribution in [2.45, 2.75) is 26.2 Å². The van der Waals surface area contributed by atoms with Crippen LogP contribution in [-0.2, 0) is 11.2 Å². The van der Waals surface area contributed by atoms with Crippen molar-refractivity contribution >= 4 is 11.9 Å². The van der Waals surface area contributed by atoms with Gasteiger partial charge in [-0.05, 0) is 12.0 Å². The lowest BCUT2D eigenvalue weighted by atomic mass is 9.99. The molecule has 1 heterocycles. The van der Waals surface area contributed by atoms with E-state index in [1.165, 1.54) is 0 Å². The molecule has 0 radical (unpaired) electrons. The van der Waals surface area contributed by atoms with Crippen LogP contribution >= 0.6 is 0 Å². The van der Waals surface area contributed by atoms with Gasteiger partial charge >= 0.3 is 5.97 Å². The number of carboxylic acid groups (broad SMARTS) is 1. The quantitative estimate of drug-likeness (QED) is 0.818. The third-order valence-corrected chi connectivity index (χ3v) is 3.51. The van der Waals surface area contributed by atoms with Gasteiger partial charge in [0.05, 0.1) is 5.92 Å². The Labute approximate surface area is 134 Å². The molecule has 122 valence electrons. The van der Waals surface area contributed by atoms with Gasteiger partial charge in [-0.25, -0.2) is 0 Å². The summed E-state index contributed by atoms with van der Waals surface area (Å²) in [6, 6.07) is 10.9. The van der Waals surface area contributed by atoms with Crippen LogP contribution in [0.1, 0.15) is 41.6 Å². The zero-order valence-corrected chi connectivity index (χ0v) is 13.2. The van der Waals surface area contributed by atoms with Crippen LogP contribution in [0.2, 0.25) is 0 Å². The lowest BCUT2D eigenvalue weighted by Crippen LogP contribution is -2.34. The Kier molecular flexibility index (Phi) is 5.51. The number of nitrogens with one attached hydrogen (secondary N) is 1. The molecule has 2 N–H and O–H groups in total. The monoisotopic (exact) mass is 316 g/mol. The largest absolute Gasteiger partial charge is 0.481 e. The van der Waals surface area contributed by atoms with E-state index in [1.807, 2.05) is 44.2 Å². The zero-order chi connectivity index (χ0) is 16.8. The number of amides is 1. The normalized spacial score (nSPS) is 12.1. The first kappa shape index (κ1) is 16.7. The molecule has 1 aromatic heterocycles. The molecule has 0 aliphatic rings. The van der Waals surface area contributed by atoms with Crippen molar-refractivity contribution in [1.82, 2.24) is 10.5 Å². The van der Waals surface area contributed by atoms with E-state index < -0.39 is 17.8 Å². The molecule has 0 fully saturated rings. The van der Waals surface area contributed by atoms with Crippen LogP contribution in [0.3, 0.4) is 0 Å². The SMILES string of the molecule is CC(C)c1cc(C(=O)NCC(Cc2ccccc2)C(=O)O)no1. The summed E-state index contributed by atoms with van der Waals surface area (Å²) >= 11 is 0. The molecule has 0 spiro atoms. The molecular weight excluding hydrogens is 296 g/mol. The molecule has 0 aliphatic heterocycles. The maximum Gasteiger partial charge on any atom is 0.308 e. The van der Waals surface area contributed by atoms with Crippen molar-refractivity contribution in [2.75, 3.05) is 6.54 Å². The fourth-order valence-corrected chi connectivity index (χ4v) is 2.12. The molecule has 6 heteroatoms. The summed E-state index contributed by atoms with van der Waals surface area (Å²) in [5.41, 5.74) is 1.08. The number of aliphatic carboxylic acids is 1. The maximum absolute atomic E-state index is 12.0. The van der Waals surface area contributed by atoms with Gasteiger partial charge in [0.1, 0.15) is 5.76 Å². The second-order valence-electron chi connectivity index (χ2n) is 5.70. The van der Waals surface area contributed by atoms with Crippen LogP contribution in [0.5, 0.6) is 0 Å². The molecule has 0 saturated heterocycles. The Morgan fingerprint density at radius 2 is 1.96 bits per heavy atom. The van der Waals surface area contributed by atoms with Crippen LogP contribution < -0.4 is 5.32 Å². The Balaban J connectivity index is 1.95. The van der Waals surface area contributed by atoms with E-state index in [0.29, 0.717) is 12.2 Å². The minimum atomic E-state index is -0.947. The van der Waals surface area contributed by atoms with Crippen molar-refractivity contribution in [3.63, 3.8) is 0 Å². The summed E-state index contributed by atoms with van der Waals surface area (Å²) in [7, 11) is 0. The number of hydrogen-bond acceptors (Lipinski definition) is 4. The summed E-state index contributed by atoms with van der Waals surface area (Å²) < 4.78 is 5.07. The number of nitrogens with zero attached hydrogens (tertiary/aromatic N) is 1. The lowest BCUT2D eigenvalue weighted by Gasteiger charge is -2.12.